The van der Waals surface area contributed by atoms with Crippen molar-refractivity contribution in [3.05, 3.63) is 41.5 Å². The highest BCUT2D eigenvalue weighted by molar-refractivity contribution is 5.94. The first-order valence-electron chi connectivity index (χ1n) is 7.54. The van der Waals surface area contributed by atoms with Gasteiger partial charge in [-0.1, -0.05) is 12.1 Å². The van der Waals surface area contributed by atoms with E-state index in [9.17, 15) is 9.59 Å². The minimum absolute atomic E-state index is 0.0237. The fourth-order valence-corrected chi connectivity index (χ4v) is 2.67. The van der Waals surface area contributed by atoms with Gasteiger partial charge in [-0.25, -0.2) is 0 Å². The molecule has 0 saturated carbocycles. The number of hydrogen-bond acceptors (Lipinski definition) is 3. The molecule has 0 radical (unpaired) electrons. The van der Waals surface area contributed by atoms with Crippen LogP contribution in [0.25, 0.3) is 6.08 Å². The van der Waals surface area contributed by atoms with E-state index in [0.29, 0.717) is 17.6 Å². The van der Waals surface area contributed by atoms with Crippen molar-refractivity contribution in [1.82, 2.24) is 15.5 Å². The Kier molecular flexibility index (Phi) is 5.33. The number of rotatable bonds is 3. The average molecular weight is 301 g/mol. The lowest BCUT2D eigenvalue weighted by Crippen LogP contribution is -2.55. The van der Waals surface area contributed by atoms with E-state index >= 15 is 0 Å². The van der Waals surface area contributed by atoms with E-state index in [2.05, 4.69) is 24.5 Å². The van der Waals surface area contributed by atoms with Gasteiger partial charge in [-0.15, -0.1) is 0 Å². The first kappa shape index (κ1) is 16.2. The predicted octanol–water partition coefficient (Wildman–Crippen LogP) is 1.27. The van der Waals surface area contributed by atoms with E-state index in [4.69, 9.17) is 0 Å². The third kappa shape index (κ3) is 4.18. The molecule has 1 aromatic rings. The molecular formula is C17H23N3O2. The second kappa shape index (κ2) is 7.22. The molecule has 2 amide bonds. The minimum Gasteiger partial charge on any atom is -0.355 e. The lowest BCUT2D eigenvalue weighted by Gasteiger charge is -2.35. The van der Waals surface area contributed by atoms with Gasteiger partial charge in [-0.3, -0.25) is 9.59 Å². The van der Waals surface area contributed by atoms with Gasteiger partial charge in [-0.05, 0) is 37.6 Å². The number of hydrogen-bond donors (Lipinski definition) is 2. The Balaban J connectivity index is 1.99. The first-order chi connectivity index (χ1) is 10.5. The Labute approximate surface area is 131 Å². The topological polar surface area (TPSA) is 61.4 Å². The van der Waals surface area contributed by atoms with Crippen molar-refractivity contribution >= 4 is 17.9 Å². The van der Waals surface area contributed by atoms with Gasteiger partial charge in [0.15, 0.2) is 0 Å². The summed E-state index contributed by atoms with van der Waals surface area (Å²) in [5.74, 6) is -0.0917. The Morgan fingerprint density at radius 2 is 1.77 bits per heavy atom. The summed E-state index contributed by atoms with van der Waals surface area (Å²) < 4.78 is 0. The quantitative estimate of drug-likeness (QED) is 0.827. The van der Waals surface area contributed by atoms with Gasteiger partial charge < -0.3 is 15.5 Å². The third-order valence-electron chi connectivity index (χ3n) is 3.69. The third-order valence-corrected chi connectivity index (χ3v) is 3.69. The van der Waals surface area contributed by atoms with Crippen LogP contribution in [0.15, 0.2) is 30.3 Å². The van der Waals surface area contributed by atoms with Crippen molar-refractivity contribution in [2.24, 2.45) is 0 Å². The van der Waals surface area contributed by atoms with Crippen LogP contribution < -0.4 is 10.6 Å². The molecule has 0 aromatic heterocycles. The Bertz CT molecular complexity index is 556. The smallest absolute Gasteiger partial charge is 0.251 e. The van der Waals surface area contributed by atoms with Crippen molar-refractivity contribution in [2.75, 3.05) is 20.1 Å². The molecule has 2 atom stereocenters. The molecule has 0 aliphatic carbocycles. The summed E-state index contributed by atoms with van der Waals surface area (Å²) in [5, 5.41) is 5.98. The van der Waals surface area contributed by atoms with Crippen LogP contribution in [-0.2, 0) is 4.79 Å². The van der Waals surface area contributed by atoms with Crippen LogP contribution in [0.3, 0.4) is 0 Å². The van der Waals surface area contributed by atoms with Crippen LogP contribution in [0, 0.1) is 0 Å². The van der Waals surface area contributed by atoms with E-state index in [-0.39, 0.29) is 11.8 Å². The van der Waals surface area contributed by atoms with Crippen molar-refractivity contribution in [3.63, 3.8) is 0 Å². The van der Waals surface area contributed by atoms with Crippen molar-refractivity contribution in [3.8, 4) is 0 Å². The van der Waals surface area contributed by atoms with Gasteiger partial charge in [0.25, 0.3) is 5.91 Å². The van der Waals surface area contributed by atoms with Crippen LogP contribution in [-0.4, -0.2) is 48.9 Å². The standard InChI is InChI=1S/C17H23N3O2/c1-12-10-20(11-13(2)19-12)16(21)9-6-14-4-7-15(8-5-14)17(22)18-3/h4-9,12-13,19H,10-11H2,1-3H3,(H,18,22)/b9-6+. The SMILES string of the molecule is CNC(=O)c1ccc(/C=C/C(=O)N2CC(C)NC(C)C2)cc1. The molecule has 22 heavy (non-hydrogen) atoms. The zero-order valence-corrected chi connectivity index (χ0v) is 13.3. The largest absolute Gasteiger partial charge is 0.355 e. The maximum Gasteiger partial charge on any atom is 0.251 e. The molecule has 5 nitrogen and oxygen atoms in total. The molecule has 1 fully saturated rings. The van der Waals surface area contributed by atoms with Gasteiger partial charge in [0.05, 0.1) is 0 Å². The number of benzene rings is 1. The number of carbonyl (C=O) groups is 2. The molecule has 1 saturated heterocycles. The van der Waals surface area contributed by atoms with Crippen LogP contribution in [0.5, 0.6) is 0 Å². The van der Waals surface area contributed by atoms with Crippen molar-refractivity contribution < 1.29 is 9.59 Å². The summed E-state index contributed by atoms with van der Waals surface area (Å²) in [6.45, 7) is 5.61. The van der Waals surface area contributed by atoms with Crippen LogP contribution in [0.1, 0.15) is 29.8 Å². The maximum atomic E-state index is 12.2. The van der Waals surface area contributed by atoms with E-state index in [1.807, 2.05) is 17.0 Å². The molecule has 1 aliphatic heterocycles. The van der Waals surface area contributed by atoms with Gasteiger partial charge >= 0.3 is 0 Å². The molecule has 1 aliphatic rings. The summed E-state index contributed by atoms with van der Waals surface area (Å²) in [6.07, 6.45) is 3.38. The molecule has 2 N–H and O–H groups in total. The van der Waals surface area contributed by atoms with E-state index in [0.717, 1.165) is 18.7 Å². The first-order valence-corrected chi connectivity index (χ1v) is 7.54. The normalized spacial score (nSPS) is 21.9. The van der Waals surface area contributed by atoms with Crippen LogP contribution in [0.2, 0.25) is 0 Å². The molecule has 5 heteroatoms. The molecule has 1 heterocycles. The minimum atomic E-state index is -0.115. The highest BCUT2D eigenvalue weighted by Gasteiger charge is 2.23. The van der Waals surface area contributed by atoms with Gasteiger partial charge in [-0.2, -0.15) is 0 Å². The summed E-state index contributed by atoms with van der Waals surface area (Å²) in [7, 11) is 1.60. The molecule has 2 unspecified atom stereocenters. The number of carbonyl (C=O) groups excluding carboxylic acids is 2. The molecule has 0 spiro atoms. The van der Waals surface area contributed by atoms with Gasteiger partial charge in [0.1, 0.15) is 0 Å². The van der Waals surface area contributed by atoms with Crippen LogP contribution in [0.4, 0.5) is 0 Å². The number of piperazine rings is 1. The number of nitrogens with one attached hydrogen (secondary N) is 2. The van der Waals surface area contributed by atoms with Crippen molar-refractivity contribution in [2.45, 2.75) is 25.9 Å². The second-order valence-electron chi connectivity index (χ2n) is 5.75. The highest BCUT2D eigenvalue weighted by Crippen LogP contribution is 2.09. The molecule has 1 aromatic carbocycles. The molecule has 118 valence electrons. The Hall–Kier alpha value is -2.14. The molecule has 2 rings (SSSR count). The Morgan fingerprint density at radius 1 is 1.18 bits per heavy atom. The second-order valence-corrected chi connectivity index (χ2v) is 5.75. The summed E-state index contributed by atoms with van der Waals surface area (Å²) in [6, 6.07) is 7.78. The van der Waals surface area contributed by atoms with E-state index < -0.39 is 0 Å². The average Bonchev–Trinajstić information content (AvgIpc) is 2.51. The fraction of sp³-hybridized carbons (Fsp3) is 0.412. The van der Waals surface area contributed by atoms with Gasteiger partial charge in [0.2, 0.25) is 5.91 Å². The van der Waals surface area contributed by atoms with E-state index in [1.54, 1.807) is 31.3 Å². The molecule has 0 bridgehead atoms. The van der Waals surface area contributed by atoms with E-state index in [1.165, 1.54) is 0 Å². The number of amides is 2. The summed E-state index contributed by atoms with van der Waals surface area (Å²) >= 11 is 0. The summed E-state index contributed by atoms with van der Waals surface area (Å²) in [4.78, 5) is 25.6. The summed E-state index contributed by atoms with van der Waals surface area (Å²) in [5.41, 5.74) is 1.51. The molecular weight excluding hydrogens is 278 g/mol. The lowest BCUT2D eigenvalue weighted by atomic mass is 10.1. The zero-order chi connectivity index (χ0) is 16.1. The predicted molar refractivity (Wildman–Crippen MR) is 87.5 cm³/mol. The zero-order valence-electron chi connectivity index (χ0n) is 13.3. The lowest BCUT2D eigenvalue weighted by molar-refractivity contribution is -0.127. The highest BCUT2D eigenvalue weighted by atomic mass is 16.2. The van der Waals surface area contributed by atoms with Gasteiger partial charge in [0, 0.05) is 43.9 Å². The Morgan fingerprint density at radius 3 is 2.32 bits per heavy atom. The fourth-order valence-electron chi connectivity index (χ4n) is 2.67. The number of nitrogens with zero attached hydrogens (tertiary/aromatic N) is 1. The van der Waals surface area contributed by atoms with Crippen molar-refractivity contribution in [1.29, 1.82) is 0 Å². The maximum absolute atomic E-state index is 12.2. The van der Waals surface area contributed by atoms with Crippen LogP contribution >= 0.6 is 0 Å². The monoisotopic (exact) mass is 301 g/mol.